The van der Waals surface area contributed by atoms with E-state index in [0.29, 0.717) is 0 Å². The van der Waals surface area contributed by atoms with Gasteiger partial charge >= 0.3 is 0 Å². The lowest BCUT2D eigenvalue weighted by Crippen LogP contribution is -2.27. The summed E-state index contributed by atoms with van der Waals surface area (Å²) in [7, 11) is 4.50. The highest BCUT2D eigenvalue weighted by Gasteiger charge is 2.52. The molecule has 10 aromatic rings. The van der Waals surface area contributed by atoms with Crippen LogP contribution in [-0.2, 0) is 16.2 Å². The lowest BCUT2D eigenvalue weighted by Gasteiger charge is -2.34. The van der Waals surface area contributed by atoms with Crippen molar-refractivity contribution in [2.24, 2.45) is 0 Å². The molecule has 0 aromatic heterocycles. The van der Waals surface area contributed by atoms with E-state index in [1.165, 1.54) is 123 Å². The van der Waals surface area contributed by atoms with Gasteiger partial charge in [0.1, 0.15) is 0 Å². The number of hydrogen-bond acceptors (Lipinski definition) is 2. The Balaban J connectivity index is 0.000000702. The fourth-order valence-corrected chi connectivity index (χ4v) is 14.2. The van der Waals surface area contributed by atoms with Gasteiger partial charge in [-0.15, -0.1) is 0 Å². The van der Waals surface area contributed by atoms with Gasteiger partial charge < -0.3 is 9.80 Å². The van der Waals surface area contributed by atoms with Crippen molar-refractivity contribution in [2.45, 2.75) is 154 Å². The van der Waals surface area contributed by atoms with E-state index >= 15 is 0 Å². The van der Waals surface area contributed by atoms with Crippen LogP contribution < -0.4 is 9.80 Å². The van der Waals surface area contributed by atoms with Gasteiger partial charge in [0, 0.05) is 47.7 Å². The summed E-state index contributed by atoms with van der Waals surface area (Å²) in [4.78, 5) is 4.82. The Bertz CT molecular complexity index is 3540. The van der Waals surface area contributed by atoms with E-state index in [-0.39, 0.29) is 10.8 Å². The Morgan fingerprint density at radius 3 is 0.736 bits per heavy atom. The molecule has 14 rings (SSSR count). The molecule has 0 aliphatic heterocycles. The molecule has 2 unspecified atom stereocenters. The summed E-state index contributed by atoms with van der Waals surface area (Å²) in [6.07, 6.45) is 1.94. The maximum atomic E-state index is 2.51. The summed E-state index contributed by atoms with van der Waals surface area (Å²) < 4.78 is 0. The van der Waals surface area contributed by atoms with Crippen LogP contribution in [0.25, 0.3) is 44.5 Å². The molecule has 2 nitrogen and oxygen atoms in total. The van der Waals surface area contributed by atoms with Gasteiger partial charge in [-0.3, -0.25) is 0 Å². The minimum atomic E-state index is -0.514. The summed E-state index contributed by atoms with van der Waals surface area (Å²) in [6, 6.07) is 87.6. The van der Waals surface area contributed by atoms with E-state index in [1.807, 2.05) is 111 Å². The van der Waals surface area contributed by atoms with Crippen molar-refractivity contribution in [3.8, 4) is 44.5 Å². The van der Waals surface area contributed by atoms with E-state index in [0.717, 1.165) is 12.8 Å². The van der Waals surface area contributed by atoms with Crippen LogP contribution in [-0.4, -0.2) is 14.1 Å². The van der Waals surface area contributed by atoms with Crippen molar-refractivity contribution in [1.82, 2.24) is 0 Å². The molecule has 0 bridgehead atoms. The van der Waals surface area contributed by atoms with Gasteiger partial charge in [-0.25, -0.2) is 0 Å². The first kappa shape index (κ1) is 67.9. The SMILES string of the molecule is CC.CC.CC.CC.CC.CC.CC.CC.CCC1(c2ccccc2)c2ccccc2-c2ccc(N(C)c3ccc4c(c3)C3(c5ccccc5-4)c4ccccc4-c4ccc(N(C)c5ccc6c(c5)C(CC)(c5ccccc5)c5ccccc5-6)cc43)cc21. The predicted molar refractivity (Wildman–Crippen MR) is 387 cm³/mol. The average molecular weight is 1150 g/mol. The van der Waals surface area contributed by atoms with Crippen molar-refractivity contribution >= 4 is 22.7 Å². The molecule has 87 heavy (non-hydrogen) atoms. The lowest BCUT2D eigenvalue weighted by molar-refractivity contribution is 0.609. The van der Waals surface area contributed by atoms with Crippen molar-refractivity contribution in [3.05, 3.63) is 286 Å². The summed E-state index contributed by atoms with van der Waals surface area (Å²) in [5.74, 6) is 0. The molecule has 0 saturated carbocycles. The molecule has 0 radical (unpaired) electrons. The second-order valence-corrected chi connectivity index (χ2v) is 20.2. The first-order chi connectivity index (χ1) is 42.9. The molecule has 4 aliphatic rings. The van der Waals surface area contributed by atoms with E-state index in [9.17, 15) is 0 Å². The summed E-state index contributed by atoms with van der Waals surface area (Å²) in [5, 5.41) is 0. The molecule has 0 fully saturated rings. The van der Waals surface area contributed by atoms with Crippen molar-refractivity contribution in [3.63, 3.8) is 0 Å². The topological polar surface area (TPSA) is 6.48 Å². The van der Waals surface area contributed by atoms with Crippen LogP contribution in [0.5, 0.6) is 0 Å². The van der Waals surface area contributed by atoms with Crippen molar-refractivity contribution < 1.29 is 0 Å². The Kier molecular flexibility index (Phi) is 24.1. The van der Waals surface area contributed by atoms with Gasteiger partial charge in [-0.05, 0) is 162 Å². The molecular weight excluding hydrogens is 1050 g/mol. The average Bonchev–Trinajstić information content (AvgIpc) is 1.59. The zero-order valence-corrected chi connectivity index (χ0v) is 56.7. The quantitative estimate of drug-likeness (QED) is 0.150. The number of benzene rings is 10. The zero-order chi connectivity index (χ0) is 63.6. The van der Waals surface area contributed by atoms with Gasteiger partial charge in [0.05, 0.1) is 5.41 Å². The maximum Gasteiger partial charge on any atom is 0.0727 e. The van der Waals surface area contributed by atoms with Gasteiger partial charge in [0.25, 0.3) is 0 Å². The molecule has 10 aromatic carbocycles. The van der Waals surface area contributed by atoms with E-state index in [2.05, 4.69) is 268 Å². The Morgan fingerprint density at radius 1 is 0.230 bits per heavy atom. The highest BCUT2D eigenvalue weighted by atomic mass is 15.1. The highest BCUT2D eigenvalue weighted by molar-refractivity contribution is 5.97. The fourth-order valence-electron chi connectivity index (χ4n) is 14.2. The maximum absolute atomic E-state index is 2.51. The number of anilines is 4. The smallest absolute Gasteiger partial charge is 0.0727 e. The van der Waals surface area contributed by atoms with E-state index < -0.39 is 5.41 Å². The molecule has 4 aliphatic carbocycles. The van der Waals surface area contributed by atoms with E-state index in [4.69, 9.17) is 0 Å². The van der Waals surface area contributed by atoms with Crippen LogP contribution in [0.4, 0.5) is 22.7 Å². The van der Waals surface area contributed by atoms with Crippen LogP contribution in [0.2, 0.25) is 0 Å². The number of hydrogen-bond donors (Lipinski definition) is 0. The second kappa shape index (κ2) is 30.9. The number of rotatable bonds is 8. The number of nitrogens with zero attached hydrogens (tertiary/aromatic N) is 2. The Morgan fingerprint density at radius 2 is 0.448 bits per heavy atom. The molecular formula is C85H102N2. The van der Waals surface area contributed by atoms with Crippen LogP contribution in [0.3, 0.4) is 0 Å². The third kappa shape index (κ3) is 11.0. The van der Waals surface area contributed by atoms with Crippen molar-refractivity contribution in [2.75, 3.05) is 23.9 Å². The van der Waals surface area contributed by atoms with Gasteiger partial charge in [0.15, 0.2) is 0 Å². The first-order valence-corrected chi connectivity index (χ1v) is 33.5. The summed E-state index contributed by atoms with van der Waals surface area (Å²) in [5.41, 5.74) is 27.9. The lowest BCUT2D eigenvalue weighted by atomic mass is 9.70. The standard InChI is InChI=1S/C69H54N2.8C2H6/c1-5-67(45-21-9-7-10-22-45)59-29-17-13-25-51(59)55-37-33-47(41-63(55)67)70(3)49-35-39-57-53-27-15-19-31-61(53)69(65(57)43-49)62-32-20-16-28-54(62)58-40-36-50(44-66(58)69)71(4)48-34-38-56-52-26-14-18-30-60(52)68(6-2,64(56)42-48)46-23-11-8-12-24-46;8*1-2/h7-44H,5-6H2,1-4H3;8*1-2H3. The van der Waals surface area contributed by atoms with Crippen LogP contribution in [0, 0.1) is 0 Å². The monoisotopic (exact) mass is 1150 g/mol. The predicted octanol–water partition coefficient (Wildman–Crippen LogP) is 25.2. The number of fused-ring (bicyclic) bond motifs is 16. The molecule has 2 atom stereocenters. The minimum absolute atomic E-state index is 0.235. The third-order valence-electron chi connectivity index (χ3n) is 17.5. The largest absolute Gasteiger partial charge is 0.345 e. The minimum Gasteiger partial charge on any atom is -0.345 e. The Hall–Kier alpha value is -8.20. The van der Waals surface area contributed by atoms with Crippen LogP contribution >= 0.6 is 0 Å². The van der Waals surface area contributed by atoms with E-state index in [1.54, 1.807) is 0 Å². The second-order valence-electron chi connectivity index (χ2n) is 20.2. The molecule has 452 valence electrons. The Labute approximate surface area is 528 Å². The van der Waals surface area contributed by atoms with Gasteiger partial charge in [-0.2, -0.15) is 0 Å². The normalized spacial score (nSPS) is 16.0. The molecule has 2 heteroatoms. The van der Waals surface area contributed by atoms with Crippen LogP contribution in [0.15, 0.2) is 231 Å². The molecule has 0 amide bonds. The van der Waals surface area contributed by atoms with Crippen molar-refractivity contribution in [1.29, 1.82) is 0 Å². The summed E-state index contributed by atoms with van der Waals surface area (Å²) >= 11 is 0. The summed E-state index contributed by atoms with van der Waals surface area (Å²) in [6.45, 7) is 36.7. The molecule has 0 heterocycles. The highest BCUT2D eigenvalue weighted by Crippen LogP contribution is 2.64. The molecule has 1 spiro atoms. The van der Waals surface area contributed by atoms with Crippen LogP contribution in [0.1, 0.15) is 193 Å². The zero-order valence-electron chi connectivity index (χ0n) is 56.7. The molecule has 0 N–H and O–H groups in total. The third-order valence-corrected chi connectivity index (χ3v) is 17.5. The first-order valence-electron chi connectivity index (χ1n) is 33.5. The fraction of sp³-hybridized carbons (Fsp3) is 0.294. The van der Waals surface area contributed by atoms with Gasteiger partial charge in [-0.1, -0.05) is 307 Å². The van der Waals surface area contributed by atoms with Gasteiger partial charge in [0.2, 0.25) is 0 Å². The molecule has 0 saturated heterocycles.